The highest BCUT2D eigenvalue weighted by molar-refractivity contribution is 5.42. The Morgan fingerprint density at radius 3 is 1.53 bits per heavy atom. The van der Waals surface area contributed by atoms with Gasteiger partial charge in [-0.2, -0.15) is 0 Å². The lowest BCUT2D eigenvalue weighted by molar-refractivity contribution is 0.309. The van der Waals surface area contributed by atoms with Crippen LogP contribution in [0.3, 0.4) is 0 Å². The summed E-state index contributed by atoms with van der Waals surface area (Å²) in [4.78, 5) is 0. The van der Waals surface area contributed by atoms with E-state index in [9.17, 15) is 0 Å². The molecule has 2 unspecified atom stereocenters. The fourth-order valence-corrected chi connectivity index (χ4v) is 6.90. The molecule has 0 heterocycles. The first-order valence-corrected chi connectivity index (χ1v) is 19.7. The van der Waals surface area contributed by atoms with Crippen LogP contribution in [-0.2, 0) is 5.41 Å². The van der Waals surface area contributed by atoms with Crippen molar-refractivity contribution in [2.75, 3.05) is 0 Å². The zero-order valence-corrected chi connectivity index (χ0v) is 33.6. The maximum absolute atomic E-state index is 3.36. The number of hydrogen-bond acceptors (Lipinski definition) is 0. The normalized spacial score (nSPS) is 15.2. The van der Waals surface area contributed by atoms with Gasteiger partial charge in [0.05, 0.1) is 0 Å². The Morgan fingerprint density at radius 1 is 0.714 bits per heavy atom. The van der Waals surface area contributed by atoms with E-state index in [0.717, 1.165) is 24.7 Å². The molecule has 3 aromatic carbocycles. The van der Waals surface area contributed by atoms with Gasteiger partial charge in [-0.3, -0.25) is 0 Å². The molecule has 3 aromatic rings. The Balaban J connectivity index is 0.000000428. The SMILES string of the molecule is C=CC.CC.CC/C=C\C=C/CC(c1ccccc1)(c1ccccc1)C(C)C1CC1.CCC.CCC(c1ccc(C2CC2)cc1)C(C)(C)C. The molecule has 0 nitrogen and oxygen atoms in total. The molecule has 0 radical (unpaired) electrons. The Hall–Kier alpha value is -3.12. The summed E-state index contributed by atoms with van der Waals surface area (Å²) in [7, 11) is 0. The Bertz CT molecular complexity index is 1240. The van der Waals surface area contributed by atoms with E-state index in [1.54, 1.807) is 11.6 Å². The zero-order valence-electron chi connectivity index (χ0n) is 33.6. The van der Waals surface area contributed by atoms with E-state index < -0.39 is 0 Å². The topological polar surface area (TPSA) is 0 Å². The lowest BCUT2D eigenvalue weighted by Gasteiger charge is -2.40. The summed E-state index contributed by atoms with van der Waals surface area (Å²) < 4.78 is 0. The molecule has 2 fully saturated rings. The van der Waals surface area contributed by atoms with Crippen molar-refractivity contribution in [3.63, 3.8) is 0 Å². The van der Waals surface area contributed by atoms with Crippen molar-refractivity contribution < 1.29 is 0 Å². The van der Waals surface area contributed by atoms with Gasteiger partial charge in [-0.25, -0.2) is 0 Å². The van der Waals surface area contributed by atoms with Gasteiger partial charge in [0.2, 0.25) is 0 Å². The summed E-state index contributed by atoms with van der Waals surface area (Å²) in [5, 5.41) is 0. The molecule has 5 rings (SSSR count). The second-order valence-electron chi connectivity index (χ2n) is 14.7. The first-order valence-electron chi connectivity index (χ1n) is 19.7. The van der Waals surface area contributed by atoms with Crippen LogP contribution in [0, 0.1) is 17.3 Å². The van der Waals surface area contributed by atoms with Crippen molar-refractivity contribution in [3.8, 4) is 0 Å². The summed E-state index contributed by atoms with van der Waals surface area (Å²) in [5.74, 6) is 3.04. The maximum atomic E-state index is 3.36. The maximum Gasteiger partial charge on any atom is 0.0265 e. The third-order valence-corrected chi connectivity index (χ3v) is 9.58. The Morgan fingerprint density at radius 2 is 1.16 bits per heavy atom. The predicted molar refractivity (Wildman–Crippen MR) is 223 cm³/mol. The third-order valence-electron chi connectivity index (χ3n) is 9.58. The molecule has 270 valence electrons. The Labute approximate surface area is 305 Å². The number of hydrogen-bond donors (Lipinski definition) is 0. The van der Waals surface area contributed by atoms with Crippen molar-refractivity contribution in [2.24, 2.45) is 17.3 Å². The summed E-state index contributed by atoms with van der Waals surface area (Å²) >= 11 is 0. The predicted octanol–water partition coefficient (Wildman–Crippen LogP) is 15.7. The van der Waals surface area contributed by atoms with E-state index in [-0.39, 0.29) is 5.41 Å². The molecule has 2 atom stereocenters. The molecule has 2 saturated carbocycles. The molecular formula is C49H74. The van der Waals surface area contributed by atoms with Gasteiger partial charge in [0, 0.05) is 5.41 Å². The molecule has 2 aliphatic carbocycles. The van der Waals surface area contributed by atoms with Gasteiger partial charge >= 0.3 is 0 Å². The van der Waals surface area contributed by atoms with Crippen LogP contribution < -0.4 is 0 Å². The van der Waals surface area contributed by atoms with Crippen LogP contribution in [0.15, 0.2) is 122 Å². The van der Waals surface area contributed by atoms with Crippen molar-refractivity contribution in [1.29, 1.82) is 0 Å². The van der Waals surface area contributed by atoms with Crippen molar-refractivity contribution in [1.82, 2.24) is 0 Å². The lowest BCUT2D eigenvalue weighted by atomic mass is 9.63. The van der Waals surface area contributed by atoms with Crippen molar-refractivity contribution in [2.45, 2.75) is 145 Å². The second kappa shape index (κ2) is 24.1. The smallest absolute Gasteiger partial charge is 0.0265 e. The molecule has 0 N–H and O–H groups in total. The average molecular weight is 663 g/mol. The van der Waals surface area contributed by atoms with Gasteiger partial charge in [0.15, 0.2) is 0 Å². The second-order valence-corrected chi connectivity index (χ2v) is 14.7. The van der Waals surface area contributed by atoms with Gasteiger partial charge in [0.1, 0.15) is 0 Å². The van der Waals surface area contributed by atoms with E-state index in [4.69, 9.17) is 0 Å². The first kappa shape index (κ1) is 43.9. The van der Waals surface area contributed by atoms with E-state index in [0.29, 0.717) is 17.3 Å². The molecule has 0 saturated heterocycles. The summed E-state index contributed by atoms with van der Waals surface area (Å²) in [6.45, 7) is 27.5. The van der Waals surface area contributed by atoms with Crippen molar-refractivity contribution >= 4 is 0 Å². The van der Waals surface area contributed by atoms with Crippen LogP contribution >= 0.6 is 0 Å². The van der Waals surface area contributed by atoms with Crippen LogP contribution in [0.2, 0.25) is 0 Å². The molecule has 2 aliphatic rings. The number of allylic oxidation sites excluding steroid dienone is 5. The summed E-state index contributed by atoms with van der Waals surface area (Å²) in [5.41, 5.74) is 6.39. The highest BCUT2D eigenvalue weighted by Gasteiger charge is 2.45. The van der Waals surface area contributed by atoms with Crippen LogP contribution in [0.1, 0.15) is 162 Å². The molecular weight excluding hydrogens is 589 g/mol. The van der Waals surface area contributed by atoms with Crippen molar-refractivity contribution in [3.05, 3.63) is 144 Å². The number of rotatable bonds is 11. The van der Waals surface area contributed by atoms with Gasteiger partial charge in [-0.15, -0.1) is 6.58 Å². The molecule has 0 amide bonds. The van der Waals surface area contributed by atoms with Crippen LogP contribution in [0.25, 0.3) is 0 Å². The van der Waals surface area contributed by atoms with E-state index in [1.165, 1.54) is 55.2 Å². The van der Waals surface area contributed by atoms with Gasteiger partial charge in [0.25, 0.3) is 0 Å². The summed E-state index contributed by atoms with van der Waals surface area (Å²) in [6, 6.07) is 31.7. The number of benzene rings is 3. The van der Waals surface area contributed by atoms with Crippen LogP contribution in [0.5, 0.6) is 0 Å². The molecule has 49 heavy (non-hydrogen) atoms. The highest BCUT2D eigenvalue weighted by Crippen LogP contribution is 2.52. The molecule has 0 aliphatic heterocycles. The monoisotopic (exact) mass is 663 g/mol. The van der Waals surface area contributed by atoms with Gasteiger partial charge in [-0.1, -0.05) is 191 Å². The minimum absolute atomic E-state index is 0.0558. The fraction of sp³-hybridized carbons (Fsp3) is 0.510. The first-order chi connectivity index (χ1) is 23.6. The quantitative estimate of drug-likeness (QED) is 0.142. The molecule has 0 heteroatoms. The lowest BCUT2D eigenvalue weighted by Crippen LogP contribution is -2.36. The largest absolute Gasteiger partial charge is 0.103 e. The minimum Gasteiger partial charge on any atom is -0.103 e. The van der Waals surface area contributed by atoms with E-state index in [2.05, 4.69) is 171 Å². The third kappa shape index (κ3) is 14.7. The highest BCUT2D eigenvalue weighted by atomic mass is 14.5. The Kier molecular flexibility index (Phi) is 21.6. The van der Waals surface area contributed by atoms with Gasteiger partial charge in [-0.05, 0) is 103 Å². The minimum atomic E-state index is 0.0558. The molecule has 0 spiro atoms. The molecule has 0 bridgehead atoms. The van der Waals surface area contributed by atoms with E-state index >= 15 is 0 Å². The average Bonchev–Trinajstić information content (AvgIpc) is 4.04. The van der Waals surface area contributed by atoms with Crippen LogP contribution in [0.4, 0.5) is 0 Å². The standard InChI is InChI=1S/C25H30.C16H24.C3H8.C3H6.C2H6/c1-3-4-5-6-13-20-25(21(2)22-18-19-22,23-14-9-7-10-15-23)24-16-11-8-12-17-24;1-5-15(16(2,3)4)14-10-8-13(9-11-14)12-6-7-12;2*1-3-2;1-2/h4-17,21-22H,3,18-20H2,1-2H3;8-12,15H,5-7H2,1-4H3;3H2,1-2H3;3H,1H2,2H3;1-2H3/b5-4-,13-6-;;;;. The van der Waals surface area contributed by atoms with Gasteiger partial charge < -0.3 is 0 Å². The van der Waals surface area contributed by atoms with Crippen LogP contribution in [-0.4, -0.2) is 0 Å². The van der Waals surface area contributed by atoms with E-state index in [1.807, 2.05) is 20.8 Å². The summed E-state index contributed by atoms with van der Waals surface area (Å²) in [6.07, 6.45) is 20.9. The fourth-order valence-electron chi connectivity index (χ4n) is 6.90. The zero-order chi connectivity index (χ0) is 36.7. The molecule has 0 aromatic heterocycles.